The van der Waals surface area contributed by atoms with Gasteiger partial charge in [-0.15, -0.1) is 0 Å². The molecule has 3 N–H and O–H groups in total. The number of aryl methyl sites for hydroxylation is 2. The lowest BCUT2D eigenvalue weighted by Gasteiger charge is -2.35. The third kappa shape index (κ3) is 3.62. The van der Waals surface area contributed by atoms with Crippen molar-refractivity contribution in [1.29, 1.82) is 0 Å². The van der Waals surface area contributed by atoms with Crippen molar-refractivity contribution in [2.24, 2.45) is 11.7 Å². The van der Waals surface area contributed by atoms with E-state index in [1.807, 2.05) is 0 Å². The van der Waals surface area contributed by atoms with Gasteiger partial charge in [-0.05, 0) is 49.3 Å². The number of carbonyl (C=O) groups excluding carboxylic acids is 1. The van der Waals surface area contributed by atoms with Gasteiger partial charge in [0.05, 0.1) is 5.54 Å². The maximum atomic E-state index is 13.6. The summed E-state index contributed by atoms with van der Waals surface area (Å²) >= 11 is 0. The number of carbonyl (C=O) groups is 1. The minimum Gasteiger partial charge on any atom is -0.350 e. The molecular formula is C17H25FN2O. The van der Waals surface area contributed by atoms with Gasteiger partial charge >= 0.3 is 0 Å². The molecule has 0 spiro atoms. The molecule has 1 amide bonds. The van der Waals surface area contributed by atoms with Crippen LogP contribution in [-0.4, -0.2) is 11.4 Å². The third-order valence-corrected chi connectivity index (χ3v) is 4.43. The predicted molar refractivity (Wildman–Crippen MR) is 82.3 cm³/mol. The van der Waals surface area contributed by atoms with Crippen LogP contribution < -0.4 is 11.1 Å². The quantitative estimate of drug-likeness (QED) is 0.900. The molecule has 1 aromatic rings. The van der Waals surface area contributed by atoms with E-state index in [1.54, 1.807) is 26.0 Å². The lowest BCUT2D eigenvalue weighted by atomic mass is 9.76. The van der Waals surface area contributed by atoms with E-state index in [9.17, 15) is 9.18 Å². The Labute approximate surface area is 126 Å². The molecule has 1 aromatic carbocycles. The Hall–Kier alpha value is -1.42. The van der Waals surface area contributed by atoms with Crippen molar-refractivity contribution < 1.29 is 9.18 Å². The van der Waals surface area contributed by atoms with Crippen molar-refractivity contribution in [3.05, 3.63) is 34.6 Å². The number of halogens is 1. The van der Waals surface area contributed by atoms with Gasteiger partial charge in [0.2, 0.25) is 5.91 Å². The van der Waals surface area contributed by atoms with E-state index in [1.165, 1.54) is 0 Å². The molecular weight excluding hydrogens is 267 g/mol. The highest BCUT2D eigenvalue weighted by Crippen LogP contribution is 2.30. The van der Waals surface area contributed by atoms with Crippen LogP contribution in [0, 0.1) is 25.6 Å². The maximum absolute atomic E-state index is 13.6. The molecule has 1 aliphatic rings. The molecule has 0 radical (unpaired) electrons. The fourth-order valence-electron chi connectivity index (χ4n) is 3.29. The number of hydrogen-bond donors (Lipinski definition) is 2. The van der Waals surface area contributed by atoms with Crippen LogP contribution in [0.2, 0.25) is 0 Å². The van der Waals surface area contributed by atoms with Crippen LogP contribution >= 0.6 is 0 Å². The van der Waals surface area contributed by atoms with Crippen LogP contribution in [0.3, 0.4) is 0 Å². The van der Waals surface area contributed by atoms with Crippen molar-refractivity contribution in [3.8, 4) is 0 Å². The van der Waals surface area contributed by atoms with Crippen molar-refractivity contribution in [2.75, 3.05) is 0 Å². The van der Waals surface area contributed by atoms with E-state index in [4.69, 9.17) is 5.73 Å². The Kier molecular flexibility index (Phi) is 4.67. The molecule has 116 valence electrons. The summed E-state index contributed by atoms with van der Waals surface area (Å²) in [6.45, 7) is 6.01. The summed E-state index contributed by atoms with van der Waals surface area (Å²) in [5.41, 5.74) is 7.64. The lowest BCUT2D eigenvalue weighted by Crippen LogP contribution is -2.56. The molecule has 0 heterocycles. The van der Waals surface area contributed by atoms with Crippen molar-refractivity contribution in [2.45, 2.75) is 58.5 Å². The molecule has 1 aliphatic carbocycles. The summed E-state index contributed by atoms with van der Waals surface area (Å²) in [5, 5.41) is 2.92. The van der Waals surface area contributed by atoms with Gasteiger partial charge in [0.1, 0.15) is 5.82 Å². The van der Waals surface area contributed by atoms with Gasteiger partial charge in [0.25, 0.3) is 0 Å². The SMILES string of the molecule is Cc1cc(CNC(=O)C2(N)CCCC(C)C2)cc(C)c1F. The van der Waals surface area contributed by atoms with Gasteiger partial charge in [0.15, 0.2) is 0 Å². The van der Waals surface area contributed by atoms with Crippen LogP contribution in [0.25, 0.3) is 0 Å². The fourth-order valence-corrected chi connectivity index (χ4v) is 3.29. The first-order valence-corrected chi connectivity index (χ1v) is 7.64. The smallest absolute Gasteiger partial charge is 0.240 e. The second kappa shape index (κ2) is 6.14. The minimum absolute atomic E-state index is 0.0892. The second-order valence-corrected chi connectivity index (χ2v) is 6.58. The Bertz CT molecular complexity index is 521. The first kappa shape index (κ1) is 16.0. The first-order valence-electron chi connectivity index (χ1n) is 7.64. The summed E-state index contributed by atoms with van der Waals surface area (Å²) in [6.07, 6.45) is 3.62. The van der Waals surface area contributed by atoms with Gasteiger partial charge in [-0.3, -0.25) is 4.79 Å². The number of rotatable bonds is 3. The van der Waals surface area contributed by atoms with Gasteiger partial charge in [-0.25, -0.2) is 4.39 Å². The molecule has 0 bridgehead atoms. The normalized spacial score (nSPS) is 25.7. The standard InChI is InChI=1S/C17H25FN2O/c1-11-5-4-6-17(19,9-11)16(21)20-10-14-7-12(2)15(18)13(3)8-14/h7-8,11H,4-6,9-10,19H2,1-3H3,(H,20,21). The van der Waals surface area contributed by atoms with Gasteiger partial charge in [0, 0.05) is 6.54 Å². The largest absolute Gasteiger partial charge is 0.350 e. The van der Waals surface area contributed by atoms with Gasteiger partial charge in [-0.1, -0.05) is 31.9 Å². The van der Waals surface area contributed by atoms with Crippen LogP contribution in [0.15, 0.2) is 12.1 Å². The number of nitrogens with two attached hydrogens (primary N) is 1. The average molecular weight is 292 g/mol. The van der Waals surface area contributed by atoms with Crippen LogP contribution in [-0.2, 0) is 11.3 Å². The molecule has 1 fully saturated rings. The molecule has 1 saturated carbocycles. The second-order valence-electron chi connectivity index (χ2n) is 6.58. The molecule has 3 nitrogen and oxygen atoms in total. The van der Waals surface area contributed by atoms with Crippen molar-refractivity contribution in [3.63, 3.8) is 0 Å². The summed E-state index contributed by atoms with van der Waals surface area (Å²) in [4.78, 5) is 12.4. The zero-order valence-electron chi connectivity index (χ0n) is 13.1. The van der Waals surface area contributed by atoms with E-state index in [-0.39, 0.29) is 11.7 Å². The highest BCUT2D eigenvalue weighted by molar-refractivity contribution is 5.86. The number of benzene rings is 1. The molecule has 2 unspecified atom stereocenters. The molecule has 0 aromatic heterocycles. The van der Waals surface area contributed by atoms with E-state index in [2.05, 4.69) is 12.2 Å². The van der Waals surface area contributed by atoms with Crippen LogP contribution in [0.4, 0.5) is 4.39 Å². The van der Waals surface area contributed by atoms with E-state index in [0.717, 1.165) is 31.2 Å². The lowest BCUT2D eigenvalue weighted by molar-refractivity contribution is -0.128. The van der Waals surface area contributed by atoms with E-state index >= 15 is 0 Å². The summed E-state index contributed by atoms with van der Waals surface area (Å²) in [7, 11) is 0. The summed E-state index contributed by atoms with van der Waals surface area (Å²) < 4.78 is 13.6. The highest BCUT2D eigenvalue weighted by Gasteiger charge is 2.37. The Morgan fingerprint density at radius 3 is 2.62 bits per heavy atom. The highest BCUT2D eigenvalue weighted by atomic mass is 19.1. The van der Waals surface area contributed by atoms with Gasteiger partial charge < -0.3 is 11.1 Å². The van der Waals surface area contributed by atoms with Crippen LogP contribution in [0.5, 0.6) is 0 Å². The Morgan fingerprint density at radius 2 is 2.05 bits per heavy atom. The molecule has 2 rings (SSSR count). The number of nitrogens with one attached hydrogen (secondary N) is 1. The number of hydrogen-bond acceptors (Lipinski definition) is 2. The van der Waals surface area contributed by atoms with E-state index < -0.39 is 5.54 Å². The third-order valence-electron chi connectivity index (χ3n) is 4.43. The summed E-state index contributed by atoms with van der Waals surface area (Å²) in [5.74, 6) is 0.222. The fraction of sp³-hybridized carbons (Fsp3) is 0.588. The minimum atomic E-state index is -0.748. The number of amides is 1. The molecule has 4 heteroatoms. The van der Waals surface area contributed by atoms with E-state index in [0.29, 0.717) is 23.6 Å². The molecule has 0 aliphatic heterocycles. The molecule has 2 atom stereocenters. The monoisotopic (exact) mass is 292 g/mol. The molecule has 21 heavy (non-hydrogen) atoms. The van der Waals surface area contributed by atoms with Crippen LogP contribution in [0.1, 0.15) is 49.3 Å². The topological polar surface area (TPSA) is 55.1 Å². The Balaban J connectivity index is 2.01. The zero-order chi connectivity index (χ0) is 15.6. The average Bonchev–Trinajstić information content (AvgIpc) is 2.41. The van der Waals surface area contributed by atoms with Crippen molar-refractivity contribution in [1.82, 2.24) is 5.32 Å². The predicted octanol–water partition coefficient (Wildman–Crippen LogP) is 2.97. The first-order chi connectivity index (χ1) is 9.82. The Morgan fingerprint density at radius 1 is 1.43 bits per heavy atom. The van der Waals surface area contributed by atoms with Crippen molar-refractivity contribution >= 4 is 5.91 Å². The maximum Gasteiger partial charge on any atom is 0.240 e. The van der Waals surface area contributed by atoms with Gasteiger partial charge in [-0.2, -0.15) is 0 Å². The zero-order valence-corrected chi connectivity index (χ0v) is 13.1. The molecule has 0 saturated heterocycles. The summed E-state index contributed by atoms with van der Waals surface area (Å²) in [6, 6.07) is 3.55.